The predicted octanol–water partition coefficient (Wildman–Crippen LogP) is 2.61. The second-order valence-electron chi connectivity index (χ2n) is 7.00. The molecular weight excluding hydrogens is 347 g/mol. The van der Waals surface area contributed by atoms with E-state index >= 15 is 0 Å². The van der Waals surface area contributed by atoms with Crippen LogP contribution >= 0.6 is 0 Å². The standard InChI is InChI=1S/C21H27FN2O3/c1-27-20-7-4-17(21(22)12-20)14-24-10-9-23(15-18(24)8-11-25)13-16-2-5-19(26)6-3-16/h2-7,12,18,25-26H,8-11,13-15H2,1H3/t18-/m0/s1. The molecule has 1 aliphatic heterocycles. The number of methoxy groups -OCH3 is 1. The second kappa shape index (κ2) is 9.17. The Balaban J connectivity index is 1.64. The van der Waals surface area contributed by atoms with Crippen LogP contribution in [0.3, 0.4) is 0 Å². The van der Waals surface area contributed by atoms with Gasteiger partial charge in [0.25, 0.3) is 0 Å². The van der Waals surface area contributed by atoms with Crippen molar-refractivity contribution in [1.29, 1.82) is 0 Å². The maximum atomic E-state index is 14.3. The maximum Gasteiger partial charge on any atom is 0.131 e. The molecule has 1 heterocycles. The minimum atomic E-state index is -0.261. The minimum Gasteiger partial charge on any atom is -0.508 e. The summed E-state index contributed by atoms with van der Waals surface area (Å²) in [6.45, 7) is 3.94. The molecule has 1 atom stereocenters. The number of piperazine rings is 1. The number of rotatable bonds is 7. The van der Waals surface area contributed by atoms with Gasteiger partial charge in [-0.05, 0) is 30.2 Å². The summed E-state index contributed by atoms with van der Waals surface area (Å²) in [7, 11) is 1.53. The normalized spacial score (nSPS) is 18.6. The zero-order chi connectivity index (χ0) is 19.2. The minimum absolute atomic E-state index is 0.110. The van der Waals surface area contributed by atoms with Crippen molar-refractivity contribution in [3.8, 4) is 11.5 Å². The average molecular weight is 374 g/mol. The zero-order valence-electron chi connectivity index (χ0n) is 15.6. The lowest BCUT2D eigenvalue weighted by Crippen LogP contribution is -2.52. The quantitative estimate of drug-likeness (QED) is 0.780. The van der Waals surface area contributed by atoms with Crippen LogP contribution in [0.5, 0.6) is 11.5 Å². The molecule has 2 N–H and O–H groups in total. The smallest absolute Gasteiger partial charge is 0.131 e. The highest BCUT2D eigenvalue weighted by molar-refractivity contribution is 5.29. The molecule has 0 spiro atoms. The number of aromatic hydroxyl groups is 1. The topological polar surface area (TPSA) is 56.2 Å². The first-order valence-corrected chi connectivity index (χ1v) is 9.26. The summed E-state index contributed by atoms with van der Waals surface area (Å²) in [6.07, 6.45) is 0.657. The number of phenols is 1. The van der Waals surface area contributed by atoms with Crippen molar-refractivity contribution in [1.82, 2.24) is 9.80 Å². The van der Waals surface area contributed by atoms with Crippen LogP contribution in [0, 0.1) is 5.82 Å². The van der Waals surface area contributed by atoms with Gasteiger partial charge in [0.15, 0.2) is 0 Å². The number of nitrogens with zero attached hydrogens (tertiary/aromatic N) is 2. The largest absolute Gasteiger partial charge is 0.508 e. The van der Waals surface area contributed by atoms with Crippen molar-refractivity contribution >= 4 is 0 Å². The van der Waals surface area contributed by atoms with Crippen molar-refractivity contribution in [2.75, 3.05) is 33.4 Å². The maximum absolute atomic E-state index is 14.3. The Labute approximate surface area is 159 Å². The van der Waals surface area contributed by atoms with E-state index in [9.17, 15) is 14.6 Å². The van der Waals surface area contributed by atoms with Crippen LogP contribution in [0.2, 0.25) is 0 Å². The van der Waals surface area contributed by atoms with Gasteiger partial charge >= 0.3 is 0 Å². The number of phenolic OH excluding ortho intramolecular Hbond substituents is 1. The van der Waals surface area contributed by atoms with Crippen LogP contribution in [-0.4, -0.2) is 59.4 Å². The Morgan fingerprint density at radius 3 is 2.56 bits per heavy atom. The van der Waals surface area contributed by atoms with Gasteiger partial charge in [0.05, 0.1) is 7.11 Å². The summed E-state index contributed by atoms with van der Waals surface area (Å²) in [5.74, 6) is 0.522. The van der Waals surface area contributed by atoms with Crippen molar-refractivity contribution < 1.29 is 19.3 Å². The van der Waals surface area contributed by atoms with E-state index in [1.54, 1.807) is 24.3 Å². The third kappa shape index (κ3) is 5.19. The van der Waals surface area contributed by atoms with Crippen LogP contribution in [-0.2, 0) is 13.1 Å². The fourth-order valence-electron chi connectivity index (χ4n) is 3.59. The molecule has 146 valence electrons. The number of aliphatic hydroxyl groups is 1. The molecule has 5 nitrogen and oxygen atoms in total. The molecular formula is C21H27FN2O3. The van der Waals surface area contributed by atoms with E-state index in [2.05, 4.69) is 9.80 Å². The lowest BCUT2D eigenvalue weighted by atomic mass is 10.1. The first-order chi connectivity index (χ1) is 13.1. The van der Waals surface area contributed by atoms with E-state index in [1.165, 1.54) is 13.2 Å². The average Bonchev–Trinajstić information content (AvgIpc) is 2.67. The molecule has 2 aromatic rings. The van der Waals surface area contributed by atoms with Crippen molar-refractivity contribution in [3.63, 3.8) is 0 Å². The molecule has 0 bridgehead atoms. The summed E-state index contributed by atoms with van der Waals surface area (Å²) in [5, 5.41) is 18.9. The van der Waals surface area contributed by atoms with Gasteiger partial charge in [0, 0.05) is 57.0 Å². The van der Waals surface area contributed by atoms with Crippen molar-refractivity contribution in [2.45, 2.75) is 25.6 Å². The Hall–Kier alpha value is -2.15. The number of hydrogen-bond donors (Lipinski definition) is 2. The fourth-order valence-corrected chi connectivity index (χ4v) is 3.59. The van der Waals surface area contributed by atoms with E-state index in [4.69, 9.17) is 4.74 Å². The van der Waals surface area contributed by atoms with Crippen LogP contribution in [0.1, 0.15) is 17.5 Å². The van der Waals surface area contributed by atoms with Gasteiger partial charge in [-0.25, -0.2) is 4.39 Å². The molecule has 0 amide bonds. The van der Waals surface area contributed by atoms with Gasteiger partial charge in [0.2, 0.25) is 0 Å². The number of hydrogen-bond acceptors (Lipinski definition) is 5. The molecule has 0 aliphatic carbocycles. The molecule has 1 saturated heterocycles. The van der Waals surface area contributed by atoms with Crippen LogP contribution in [0.25, 0.3) is 0 Å². The monoisotopic (exact) mass is 374 g/mol. The highest BCUT2D eigenvalue weighted by Crippen LogP contribution is 2.22. The number of aliphatic hydroxyl groups excluding tert-OH is 1. The van der Waals surface area contributed by atoms with Crippen LogP contribution in [0.4, 0.5) is 4.39 Å². The van der Waals surface area contributed by atoms with Gasteiger partial charge in [-0.3, -0.25) is 9.80 Å². The van der Waals surface area contributed by atoms with Crippen LogP contribution in [0.15, 0.2) is 42.5 Å². The van der Waals surface area contributed by atoms with Crippen molar-refractivity contribution in [2.24, 2.45) is 0 Å². The van der Waals surface area contributed by atoms with Gasteiger partial charge < -0.3 is 14.9 Å². The first-order valence-electron chi connectivity index (χ1n) is 9.26. The lowest BCUT2D eigenvalue weighted by Gasteiger charge is -2.41. The number of halogens is 1. The Kier molecular flexibility index (Phi) is 6.66. The molecule has 0 saturated carbocycles. The lowest BCUT2D eigenvalue weighted by molar-refractivity contribution is 0.0493. The molecule has 2 aromatic carbocycles. The summed E-state index contributed by atoms with van der Waals surface area (Å²) in [4.78, 5) is 4.59. The number of benzene rings is 2. The molecule has 3 rings (SSSR count). The first kappa shape index (κ1) is 19.6. The second-order valence-corrected chi connectivity index (χ2v) is 7.00. The molecule has 0 radical (unpaired) electrons. The summed E-state index contributed by atoms with van der Waals surface area (Å²) < 4.78 is 19.4. The molecule has 1 fully saturated rings. The molecule has 0 aromatic heterocycles. The predicted molar refractivity (Wildman–Crippen MR) is 102 cm³/mol. The van der Waals surface area contributed by atoms with Gasteiger partial charge in [-0.15, -0.1) is 0 Å². The van der Waals surface area contributed by atoms with Gasteiger partial charge in [0.1, 0.15) is 17.3 Å². The van der Waals surface area contributed by atoms with E-state index < -0.39 is 0 Å². The summed E-state index contributed by atoms with van der Waals surface area (Å²) in [5.41, 5.74) is 1.79. The fraction of sp³-hybridized carbons (Fsp3) is 0.429. The van der Waals surface area contributed by atoms with E-state index in [0.717, 1.165) is 31.7 Å². The third-order valence-corrected chi connectivity index (χ3v) is 5.13. The third-order valence-electron chi connectivity index (χ3n) is 5.13. The summed E-state index contributed by atoms with van der Waals surface area (Å²) in [6, 6.07) is 12.4. The highest BCUT2D eigenvalue weighted by atomic mass is 19.1. The van der Waals surface area contributed by atoms with Gasteiger partial charge in [-0.1, -0.05) is 18.2 Å². The van der Waals surface area contributed by atoms with E-state index in [1.807, 2.05) is 12.1 Å². The zero-order valence-corrected chi connectivity index (χ0v) is 15.6. The van der Waals surface area contributed by atoms with E-state index in [0.29, 0.717) is 24.3 Å². The molecule has 0 unspecified atom stereocenters. The Bertz CT molecular complexity index is 739. The van der Waals surface area contributed by atoms with E-state index in [-0.39, 0.29) is 24.2 Å². The number of ether oxygens (including phenoxy) is 1. The molecule has 1 aliphatic rings. The Morgan fingerprint density at radius 1 is 1.11 bits per heavy atom. The summed E-state index contributed by atoms with van der Waals surface area (Å²) >= 11 is 0. The SMILES string of the molecule is COc1ccc(CN2CCN(Cc3ccc(O)cc3)C[C@@H]2CCO)c(F)c1. The molecule has 6 heteroatoms. The van der Waals surface area contributed by atoms with Gasteiger partial charge in [-0.2, -0.15) is 0 Å². The highest BCUT2D eigenvalue weighted by Gasteiger charge is 2.27. The van der Waals surface area contributed by atoms with Crippen molar-refractivity contribution in [3.05, 3.63) is 59.4 Å². The van der Waals surface area contributed by atoms with Crippen LogP contribution < -0.4 is 4.74 Å². The molecule has 27 heavy (non-hydrogen) atoms. The Morgan fingerprint density at radius 2 is 1.89 bits per heavy atom.